The zero-order valence-electron chi connectivity index (χ0n) is 9.73. The molecule has 2 atom stereocenters. The van der Waals surface area contributed by atoms with Crippen molar-refractivity contribution < 1.29 is 5.11 Å². The maximum Gasteiger partial charge on any atom is 0.0584 e. The lowest BCUT2D eigenvalue weighted by molar-refractivity contribution is 0.216. The van der Waals surface area contributed by atoms with Gasteiger partial charge in [0.2, 0.25) is 0 Å². The second-order valence-corrected chi connectivity index (χ2v) is 5.39. The molecule has 3 heteroatoms. The fourth-order valence-electron chi connectivity index (χ4n) is 1.74. The van der Waals surface area contributed by atoms with Crippen LogP contribution in [-0.2, 0) is 0 Å². The zero-order chi connectivity index (χ0) is 11.3. The van der Waals surface area contributed by atoms with Gasteiger partial charge in [0.1, 0.15) is 0 Å². The van der Waals surface area contributed by atoms with E-state index in [2.05, 4.69) is 43.6 Å². The van der Waals surface area contributed by atoms with Crippen molar-refractivity contribution in [3.63, 3.8) is 0 Å². The summed E-state index contributed by atoms with van der Waals surface area (Å²) in [5.41, 5.74) is 0. The molecule has 2 nitrogen and oxygen atoms in total. The first-order valence-electron chi connectivity index (χ1n) is 5.53. The van der Waals surface area contributed by atoms with E-state index < -0.39 is 0 Å². The van der Waals surface area contributed by atoms with Crippen LogP contribution < -0.4 is 5.32 Å². The summed E-state index contributed by atoms with van der Waals surface area (Å²) in [6, 6.07) is 4.74. The summed E-state index contributed by atoms with van der Waals surface area (Å²) in [5, 5.41) is 14.8. The second kappa shape index (κ2) is 6.26. The van der Waals surface area contributed by atoms with Gasteiger partial charge in [-0.15, -0.1) is 11.3 Å². The van der Waals surface area contributed by atoms with Crippen LogP contribution in [-0.4, -0.2) is 17.8 Å². The normalized spacial score (nSPS) is 15.5. The smallest absolute Gasteiger partial charge is 0.0584 e. The van der Waals surface area contributed by atoms with Crippen LogP contribution >= 0.6 is 11.3 Å². The van der Waals surface area contributed by atoms with Crippen molar-refractivity contribution in [3.05, 3.63) is 22.4 Å². The van der Waals surface area contributed by atoms with Crippen molar-refractivity contribution in [2.24, 2.45) is 5.92 Å². The second-order valence-electron chi connectivity index (χ2n) is 4.41. The molecule has 0 bridgehead atoms. The number of rotatable bonds is 6. The highest BCUT2D eigenvalue weighted by Crippen LogP contribution is 2.19. The molecule has 0 aliphatic rings. The third kappa shape index (κ3) is 4.33. The summed E-state index contributed by atoms with van der Waals surface area (Å²) in [4.78, 5) is 1.33. The predicted molar refractivity (Wildman–Crippen MR) is 66.2 cm³/mol. The summed E-state index contributed by atoms with van der Waals surface area (Å²) < 4.78 is 0. The summed E-state index contributed by atoms with van der Waals surface area (Å²) in [6.45, 7) is 6.73. The number of aliphatic hydroxyl groups excluding tert-OH is 1. The van der Waals surface area contributed by atoms with Gasteiger partial charge < -0.3 is 10.4 Å². The van der Waals surface area contributed by atoms with Crippen molar-refractivity contribution in [1.82, 2.24) is 5.32 Å². The average molecular weight is 227 g/mol. The molecule has 0 aliphatic heterocycles. The molecular formula is C12H21NOS. The molecule has 2 N–H and O–H groups in total. The lowest BCUT2D eigenvalue weighted by Gasteiger charge is -2.22. The Hall–Kier alpha value is -0.380. The van der Waals surface area contributed by atoms with E-state index in [4.69, 9.17) is 0 Å². The molecule has 1 heterocycles. The molecule has 0 saturated carbocycles. The quantitative estimate of drug-likeness (QED) is 0.783. The van der Waals surface area contributed by atoms with Gasteiger partial charge in [-0.3, -0.25) is 0 Å². The maximum atomic E-state index is 9.26. The lowest BCUT2D eigenvalue weighted by atomic mass is 10.0. The van der Waals surface area contributed by atoms with Crippen LogP contribution in [0.3, 0.4) is 0 Å². The Morgan fingerprint density at radius 2 is 2.13 bits per heavy atom. The van der Waals surface area contributed by atoms with E-state index in [9.17, 15) is 5.11 Å². The van der Waals surface area contributed by atoms with Gasteiger partial charge in [0.15, 0.2) is 0 Å². The molecule has 0 spiro atoms. The van der Waals surface area contributed by atoms with Crippen LogP contribution in [0.5, 0.6) is 0 Å². The van der Waals surface area contributed by atoms with Gasteiger partial charge >= 0.3 is 0 Å². The molecule has 1 aromatic heterocycles. The first-order chi connectivity index (χ1) is 7.13. The molecule has 0 amide bonds. The van der Waals surface area contributed by atoms with Gasteiger partial charge in [-0.05, 0) is 30.7 Å². The minimum Gasteiger partial charge on any atom is -0.395 e. The standard InChI is InChI=1S/C12H21NOS/c1-9(2)7-11(8-14)13-10(3)12-5-4-6-15-12/h4-6,9-11,13-14H,7-8H2,1-3H3/t10-,11+/m1/s1. The average Bonchev–Trinajstić information content (AvgIpc) is 2.68. The summed E-state index contributed by atoms with van der Waals surface area (Å²) in [6.07, 6.45) is 1.02. The summed E-state index contributed by atoms with van der Waals surface area (Å²) >= 11 is 1.76. The molecule has 0 aromatic carbocycles. The third-order valence-electron chi connectivity index (χ3n) is 2.43. The van der Waals surface area contributed by atoms with Crippen LogP contribution in [0, 0.1) is 5.92 Å². The third-order valence-corrected chi connectivity index (χ3v) is 3.49. The van der Waals surface area contributed by atoms with Crippen LogP contribution in [0.25, 0.3) is 0 Å². The van der Waals surface area contributed by atoms with Gasteiger partial charge in [0.05, 0.1) is 6.61 Å². The van der Waals surface area contributed by atoms with Gasteiger partial charge in [0.25, 0.3) is 0 Å². The monoisotopic (exact) mass is 227 g/mol. The van der Waals surface area contributed by atoms with E-state index in [0.717, 1.165) is 6.42 Å². The number of hydrogen-bond acceptors (Lipinski definition) is 3. The molecule has 1 aromatic rings. The van der Waals surface area contributed by atoms with Crippen LogP contribution in [0.15, 0.2) is 17.5 Å². The van der Waals surface area contributed by atoms with Crippen LogP contribution in [0.1, 0.15) is 38.1 Å². The van der Waals surface area contributed by atoms with E-state index in [1.807, 2.05) is 0 Å². The van der Waals surface area contributed by atoms with E-state index in [1.165, 1.54) is 4.88 Å². The van der Waals surface area contributed by atoms with Crippen molar-refractivity contribution in [1.29, 1.82) is 0 Å². The van der Waals surface area contributed by atoms with E-state index >= 15 is 0 Å². The van der Waals surface area contributed by atoms with Crippen LogP contribution in [0.4, 0.5) is 0 Å². The Kier molecular flexibility index (Phi) is 5.29. The van der Waals surface area contributed by atoms with Gasteiger partial charge in [-0.2, -0.15) is 0 Å². The molecule has 86 valence electrons. The number of nitrogens with one attached hydrogen (secondary N) is 1. The molecule has 15 heavy (non-hydrogen) atoms. The van der Waals surface area contributed by atoms with Crippen molar-refractivity contribution in [2.45, 2.75) is 39.3 Å². The first kappa shape index (κ1) is 12.7. The Labute approximate surface area is 96.3 Å². The molecule has 0 unspecified atom stereocenters. The van der Waals surface area contributed by atoms with Gasteiger partial charge in [-0.1, -0.05) is 19.9 Å². The Bertz CT molecular complexity index is 259. The minimum absolute atomic E-state index is 0.210. The van der Waals surface area contributed by atoms with Gasteiger partial charge in [0, 0.05) is 17.0 Å². The molecule has 0 saturated heterocycles. The first-order valence-corrected chi connectivity index (χ1v) is 6.41. The molecule has 0 radical (unpaired) electrons. The SMILES string of the molecule is CC(C)C[C@@H](CO)N[C@H](C)c1cccs1. The number of thiophene rings is 1. The summed E-state index contributed by atoms with van der Waals surface area (Å²) in [5.74, 6) is 0.616. The summed E-state index contributed by atoms with van der Waals surface area (Å²) in [7, 11) is 0. The zero-order valence-corrected chi connectivity index (χ0v) is 10.6. The van der Waals surface area contributed by atoms with E-state index in [1.54, 1.807) is 11.3 Å². The largest absolute Gasteiger partial charge is 0.395 e. The highest BCUT2D eigenvalue weighted by molar-refractivity contribution is 7.10. The van der Waals surface area contributed by atoms with E-state index in [0.29, 0.717) is 12.0 Å². The molecule has 0 fully saturated rings. The topological polar surface area (TPSA) is 32.3 Å². The fourth-order valence-corrected chi connectivity index (χ4v) is 2.48. The predicted octanol–water partition coefficient (Wildman–Crippen LogP) is 2.81. The number of hydrogen-bond donors (Lipinski definition) is 2. The fraction of sp³-hybridized carbons (Fsp3) is 0.667. The maximum absolute atomic E-state index is 9.26. The Morgan fingerprint density at radius 3 is 2.60 bits per heavy atom. The van der Waals surface area contributed by atoms with E-state index in [-0.39, 0.29) is 12.6 Å². The molecular weight excluding hydrogens is 206 g/mol. The van der Waals surface area contributed by atoms with Crippen molar-refractivity contribution in [3.8, 4) is 0 Å². The molecule has 0 aliphatic carbocycles. The highest BCUT2D eigenvalue weighted by atomic mass is 32.1. The number of aliphatic hydroxyl groups is 1. The molecule has 1 rings (SSSR count). The van der Waals surface area contributed by atoms with Crippen molar-refractivity contribution >= 4 is 11.3 Å². The highest BCUT2D eigenvalue weighted by Gasteiger charge is 2.14. The minimum atomic E-state index is 0.210. The Balaban J connectivity index is 2.44. The van der Waals surface area contributed by atoms with Gasteiger partial charge in [-0.25, -0.2) is 0 Å². The Morgan fingerprint density at radius 1 is 1.40 bits per heavy atom. The van der Waals surface area contributed by atoms with Crippen molar-refractivity contribution in [2.75, 3.05) is 6.61 Å². The van der Waals surface area contributed by atoms with Crippen LogP contribution in [0.2, 0.25) is 0 Å². The lowest BCUT2D eigenvalue weighted by Crippen LogP contribution is -2.35.